The fourth-order valence-electron chi connectivity index (χ4n) is 1.68. The summed E-state index contributed by atoms with van der Waals surface area (Å²) in [7, 11) is 1.59. The van der Waals surface area contributed by atoms with E-state index in [0.717, 1.165) is 5.75 Å². The molecule has 0 spiro atoms. The molecule has 0 saturated heterocycles. The van der Waals surface area contributed by atoms with Crippen molar-refractivity contribution in [3.8, 4) is 23.0 Å². The van der Waals surface area contributed by atoms with Crippen LogP contribution < -0.4 is 19.9 Å². The quantitative estimate of drug-likeness (QED) is 0.848. The molecule has 0 aliphatic rings. The lowest BCUT2D eigenvalue weighted by atomic mass is 10.2. The first-order chi connectivity index (χ1) is 9.63. The molecule has 0 radical (unpaired) electrons. The molecule has 20 heavy (non-hydrogen) atoms. The van der Waals surface area contributed by atoms with E-state index in [1.807, 2.05) is 0 Å². The van der Waals surface area contributed by atoms with Gasteiger partial charge in [-0.25, -0.2) is 4.39 Å². The summed E-state index contributed by atoms with van der Waals surface area (Å²) in [5.74, 6) is 1.25. The van der Waals surface area contributed by atoms with Crippen LogP contribution in [-0.4, -0.2) is 13.7 Å². The summed E-state index contributed by atoms with van der Waals surface area (Å²) in [5, 5.41) is 0. The Morgan fingerprint density at radius 3 is 2.30 bits per heavy atom. The van der Waals surface area contributed by atoms with Crippen LogP contribution in [0.4, 0.5) is 10.1 Å². The summed E-state index contributed by atoms with van der Waals surface area (Å²) in [4.78, 5) is 0. The monoisotopic (exact) mass is 277 g/mol. The van der Waals surface area contributed by atoms with Crippen LogP contribution in [0.3, 0.4) is 0 Å². The third kappa shape index (κ3) is 3.12. The summed E-state index contributed by atoms with van der Waals surface area (Å²) in [5.41, 5.74) is 5.96. The van der Waals surface area contributed by atoms with E-state index in [9.17, 15) is 4.39 Å². The van der Waals surface area contributed by atoms with Crippen molar-refractivity contribution in [2.45, 2.75) is 6.92 Å². The van der Waals surface area contributed by atoms with E-state index in [4.69, 9.17) is 19.9 Å². The molecule has 0 aromatic heterocycles. The Labute approximate surface area is 116 Å². The van der Waals surface area contributed by atoms with E-state index in [-0.39, 0.29) is 11.4 Å². The molecule has 0 aliphatic carbocycles. The second kappa shape index (κ2) is 6.14. The van der Waals surface area contributed by atoms with Crippen LogP contribution in [0.1, 0.15) is 6.92 Å². The van der Waals surface area contributed by atoms with Crippen molar-refractivity contribution in [1.82, 2.24) is 0 Å². The number of hydrogen-bond donors (Lipinski definition) is 1. The van der Waals surface area contributed by atoms with Gasteiger partial charge in [-0.15, -0.1) is 0 Å². The zero-order chi connectivity index (χ0) is 14.5. The fourth-order valence-corrected chi connectivity index (χ4v) is 1.68. The number of anilines is 1. The summed E-state index contributed by atoms with van der Waals surface area (Å²) in [6, 6.07) is 9.63. The Balaban J connectivity index is 2.25. The Bertz CT molecular complexity index is 584. The predicted molar refractivity (Wildman–Crippen MR) is 75.0 cm³/mol. The maximum absolute atomic E-state index is 13.6. The molecule has 2 aromatic rings. The van der Waals surface area contributed by atoms with Gasteiger partial charge in [-0.05, 0) is 31.2 Å². The lowest BCUT2D eigenvalue weighted by Gasteiger charge is -2.12. The highest BCUT2D eigenvalue weighted by Gasteiger charge is 2.10. The van der Waals surface area contributed by atoms with Gasteiger partial charge in [0.25, 0.3) is 0 Å². The molecule has 0 saturated carbocycles. The summed E-state index contributed by atoms with van der Waals surface area (Å²) >= 11 is 0. The molecule has 2 rings (SSSR count). The van der Waals surface area contributed by atoms with E-state index in [1.165, 1.54) is 12.1 Å². The molecule has 2 N–H and O–H groups in total. The number of methoxy groups -OCH3 is 1. The van der Waals surface area contributed by atoms with Crippen LogP contribution in [0.5, 0.6) is 23.0 Å². The lowest BCUT2D eigenvalue weighted by molar-refractivity contribution is 0.319. The molecule has 0 heterocycles. The minimum atomic E-state index is -0.508. The minimum absolute atomic E-state index is 0.116. The lowest BCUT2D eigenvalue weighted by Crippen LogP contribution is -1.99. The Morgan fingerprint density at radius 2 is 1.70 bits per heavy atom. The SMILES string of the molecule is CCOc1cc(Oc2ccc(OC)cc2)c(N)cc1F. The number of ether oxygens (including phenoxy) is 3. The first kappa shape index (κ1) is 14.0. The number of nitrogen functional groups attached to an aromatic ring is 1. The molecular formula is C15H16FNO3. The molecular weight excluding hydrogens is 261 g/mol. The van der Waals surface area contributed by atoms with Gasteiger partial charge in [-0.3, -0.25) is 0 Å². The number of hydrogen-bond acceptors (Lipinski definition) is 4. The summed E-state index contributed by atoms with van der Waals surface area (Å²) < 4.78 is 29.4. The van der Waals surface area contributed by atoms with Gasteiger partial charge >= 0.3 is 0 Å². The van der Waals surface area contributed by atoms with Crippen molar-refractivity contribution in [1.29, 1.82) is 0 Å². The van der Waals surface area contributed by atoms with Crippen LogP contribution in [0.2, 0.25) is 0 Å². The summed E-state index contributed by atoms with van der Waals surface area (Å²) in [6.07, 6.45) is 0. The second-order valence-electron chi connectivity index (χ2n) is 4.03. The molecule has 4 nitrogen and oxygen atoms in total. The highest BCUT2D eigenvalue weighted by Crippen LogP contribution is 2.33. The van der Waals surface area contributed by atoms with Crippen molar-refractivity contribution in [2.24, 2.45) is 0 Å². The molecule has 0 aliphatic heterocycles. The zero-order valence-electron chi connectivity index (χ0n) is 11.4. The number of halogens is 1. The number of benzene rings is 2. The van der Waals surface area contributed by atoms with Crippen molar-refractivity contribution < 1.29 is 18.6 Å². The first-order valence-electron chi connectivity index (χ1n) is 6.17. The van der Waals surface area contributed by atoms with Crippen LogP contribution in [-0.2, 0) is 0 Å². The average molecular weight is 277 g/mol. The van der Waals surface area contributed by atoms with Crippen molar-refractivity contribution in [2.75, 3.05) is 19.5 Å². The van der Waals surface area contributed by atoms with Crippen LogP contribution >= 0.6 is 0 Å². The third-order valence-corrected chi connectivity index (χ3v) is 2.65. The normalized spacial score (nSPS) is 10.2. The molecule has 5 heteroatoms. The molecule has 0 unspecified atom stereocenters. The van der Waals surface area contributed by atoms with Gasteiger partial charge in [0.05, 0.1) is 19.4 Å². The Morgan fingerprint density at radius 1 is 1.05 bits per heavy atom. The molecule has 2 aromatic carbocycles. The smallest absolute Gasteiger partial charge is 0.167 e. The number of nitrogens with two attached hydrogens (primary N) is 1. The summed E-state index contributed by atoms with van der Waals surface area (Å²) in [6.45, 7) is 2.14. The van der Waals surface area contributed by atoms with Gasteiger partial charge in [0, 0.05) is 12.1 Å². The third-order valence-electron chi connectivity index (χ3n) is 2.65. The van der Waals surface area contributed by atoms with Crippen molar-refractivity contribution in [3.05, 3.63) is 42.2 Å². The number of rotatable bonds is 5. The molecule has 0 atom stereocenters. The van der Waals surface area contributed by atoms with E-state index >= 15 is 0 Å². The van der Waals surface area contributed by atoms with E-state index in [1.54, 1.807) is 38.3 Å². The average Bonchev–Trinajstić information content (AvgIpc) is 2.45. The maximum atomic E-state index is 13.6. The van der Waals surface area contributed by atoms with Crippen molar-refractivity contribution >= 4 is 5.69 Å². The minimum Gasteiger partial charge on any atom is -0.497 e. The molecule has 0 amide bonds. The van der Waals surface area contributed by atoms with Crippen molar-refractivity contribution in [3.63, 3.8) is 0 Å². The molecule has 0 fully saturated rings. The van der Waals surface area contributed by atoms with Gasteiger partial charge in [0.15, 0.2) is 17.3 Å². The predicted octanol–water partition coefficient (Wildman–Crippen LogP) is 3.61. The topological polar surface area (TPSA) is 53.7 Å². The Kier molecular flexibility index (Phi) is 4.30. The first-order valence-corrected chi connectivity index (χ1v) is 6.17. The van der Waals surface area contributed by atoms with Crippen LogP contribution in [0.15, 0.2) is 36.4 Å². The van der Waals surface area contributed by atoms with E-state index in [2.05, 4.69) is 0 Å². The van der Waals surface area contributed by atoms with Crippen LogP contribution in [0, 0.1) is 5.82 Å². The van der Waals surface area contributed by atoms with Gasteiger partial charge in [-0.2, -0.15) is 0 Å². The molecule has 106 valence electrons. The van der Waals surface area contributed by atoms with Gasteiger partial charge in [0.1, 0.15) is 11.5 Å². The maximum Gasteiger partial charge on any atom is 0.167 e. The van der Waals surface area contributed by atoms with E-state index < -0.39 is 5.82 Å². The standard InChI is InChI=1S/C15H16FNO3/c1-3-19-14-9-15(13(17)8-12(14)16)20-11-6-4-10(18-2)5-7-11/h4-9H,3,17H2,1-2H3. The van der Waals surface area contributed by atoms with Gasteiger partial charge < -0.3 is 19.9 Å². The van der Waals surface area contributed by atoms with E-state index in [0.29, 0.717) is 18.1 Å². The van der Waals surface area contributed by atoms with Gasteiger partial charge in [0.2, 0.25) is 0 Å². The second-order valence-corrected chi connectivity index (χ2v) is 4.03. The fraction of sp³-hybridized carbons (Fsp3) is 0.200. The highest BCUT2D eigenvalue weighted by atomic mass is 19.1. The van der Waals surface area contributed by atoms with Gasteiger partial charge in [-0.1, -0.05) is 0 Å². The van der Waals surface area contributed by atoms with Crippen LogP contribution in [0.25, 0.3) is 0 Å². The largest absolute Gasteiger partial charge is 0.497 e. The Hall–Kier alpha value is -2.43. The zero-order valence-corrected chi connectivity index (χ0v) is 11.4. The highest BCUT2D eigenvalue weighted by molar-refractivity contribution is 5.57. The molecule has 0 bridgehead atoms.